The van der Waals surface area contributed by atoms with Gasteiger partial charge in [0, 0.05) is 35.2 Å². The molecule has 1 N–H and O–H groups in total. The van der Waals surface area contributed by atoms with Crippen LogP contribution in [0.2, 0.25) is 0 Å². The van der Waals surface area contributed by atoms with E-state index in [1.54, 1.807) is 13.4 Å². The molecule has 0 spiro atoms. The van der Waals surface area contributed by atoms with Crippen molar-refractivity contribution in [1.29, 1.82) is 0 Å². The van der Waals surface area contributed by atoms with E-state index in [0.29, 0.717) is 17.8 Å². The number of aromatic nitrogens is 3. The molecular weight excluding hydrogens is 488 g/mol. The third-order valence-electron chi connectivity index (χ3n) is 9.06. The molecule has 0 aromatic carbocycles. The predicted molar refractivity (Wildman–Crippen MR) is 149 cm³/mol. The van der Waals surface area contributed by atoms with Crippen LogP contribution in [0, 0.1) is 18.8 Å². The minimum Gasteiger partial charge on any atom is -0.495 e. The fourth-order valence-electron chi connectivity index (χ4n) is 6.54. The number of aryl methyl sites for hydroxylation is 1. The SMILES string of the molecule is COc1ccc(C2CCC(C(NC(=O)C3CCCCC3)c3cc(-c4coc(C5CC5)n4)ccn3)CC2)nc1C. The van der Waals surface area contributed by atoms with Crippen LogP contribution in [-0.4, -0.2) is 28.0 Å². The molecule has 3 heterocycles. The Kier molecular flexibility index (Phi) is 7.67. The number of oxazole rings is 1. The van der Waals surface area contributed by atoms with Crippen LogP contribution >= 0.6 is 0 Å². The molecule has 39 heavy (non-hydrogen) atoms. The molecule has 7 heteroatoms. The molecule has 6 rings (SSSR count). The van der Waals surface area contributed by atoms with Crippen LogP contribution in [0.4, 0.5) is 0 Å². The number of hydrogen-bond donors (Lipinski definition) is 1. The average Bonchev–Trinajstić information content (AvgIpc) is 3.72. The van der Waals surface area contributed by atoms with Crippen molar-refractivity contribution in [1.82, 2.24) is 20.3 Å². The van der Waals surface area contributed by atoms with E-state index in [2.05, 4.69) is 17.4 Å². The molecule has 3 saturated carbocycles. The van der Waals surface area contributed by atoms with Crippen molar-refractivity contribution in [2.45, 2.75) is 95.4 Å². The summed E-state index contributed by atoms with van der Waals surface area (Å²) in [5.41, 5.74) is 4.86. The zero-order valence-electron chi connectivity index (χ0n) is 23.2. The van der Waals surface area contributed by atoms with Crippen LogP contribution in [-0.2, 0) is 4.79 Å². The van der Waals surface area contributed by atoms with Gasteiger partial charge in [0.2, 0.25) is 5.91 Å². The monoisotopic (exact) mass is 528 g/mol. The Morgan fingerprint density at radius 3 is 2.46 bits per heavy atom. The maximum Gasteiger partial charge on any atom is 0.223 e. The first-order valence-electron chi connectivity index (χ1n) is 14.8. The summed E-state index contributed by atoms with van der Waals surface area (Å²) >= 11 is 0. The van der Waals surface area contributed by atoms with E-state index in [1.165, 1.54) is 6.42 Å². The standard InChI is InChI=1S/C32H40N4O3/c1-20-29(38-2)15-14-26(34-20)21-8-10-22(11-9-21)30(36-31(37)23-6-4-3-5-7-23)27-18-25(16-17-33-27)28-19-39-32(35-28)24-12-13-24/h14-19,21-24,30H,3-13H2,1-2H3,(H,36,37). The fraction of sp³-hybridized carbons (Fsp3) is 0.562. The number of ether oxygens (including phenoxy) is 1. The molecule has 1 atom stereocenters. The van der Waals surface area contributed by atoms with Crippen LogP contribution in [0.15, 0.2) is 41.1 Å². The minimum atomic E-state index is -0.110. The van der Waals surface area contributed by atoms with Gasteiger partial charge in [-0.15, -0.1) is 0 Å². The first-order valence-corrected chi connectivity index (χ1v) is 14.8. The molecular formula is C32H40N4O3. The summed E-state index contributed by atoms with van der Waals surface area (Å²) < 4.78 is 11.2. The lowest BCUT2D eigenvalue weighted by molar-refractivity contribution is -0.127. The summed E-state index contributed by atoms with van der Waals surface area (Å²) in [5, 5.41) is 3.49. The molecule has 1 unspecified atom stereocenters. The van der Waals surface area contributed by atoms with E-state index in [0.717, 1.165) is 104 Å². The maximum atomic E-state index is 13.5. The summed E-state index contributed by atoms with van der Waals surface area (Å²) in [4.78, 5) is 27.9. The van der Waals surface area contributed by atoms with Crippen molar-refractivity contribution < 1.29 is 13.9 Å². The molecule has 0 bridgehead atoms. The van der Waals surface area contributed by atoms with Crippen molar-refractivity contribution in [2.24, 2.45) is 11.8 Å². The highest BCUT2D eigenvalue weighted by Crippen LogP contribution is 2.42. The van der Waals surface area contributed by atoms with E-state index in [-0.39, 0.29) is 17.9 Å². The summed E-state index contributed by atoms with van der Waals surface area (Å²) in [6, 6.07) is 8.14. The summed E-state index contributed by atoms with van der Waals surface area (Å²) in [6.07, 6.45) is 15.6. The van der Waals surface area contributed by atoms with Gasteiger partial charge in [-0.25, -0.2) is 4.98 Å². The highest BCUT2D eigenvalue weighted by Gasteiger charge is 2.34. The number of carbonyl (C=O) groups excluding carboxylic acids is 1. The van der Waals surface area contributed by atoms with Gasteiger partial charge in [-0.05, 0) is 88.5 Å². The fourth-order valence-corrected chi connectivity index (χ4v) is 6.54. The Morgan fingerprint density at radius 2 is 1.74 bits per heavy atom. The zero-order valence-corrected chi connectivity index (χ0v) is 23.2. The largest absolute Gasteiger partial charge is 0.495 e. The number of carbonyl (C=O) groups is 1. The molecule has 3 aromatic rings. The van der Waals surface area contributed by atoms with Crippen molar-refractivity contribution in [3.8, 4) is 17.0 Å². The van der Waals surface area contributed by atoms with Crippen LogP contribution in [0.5, 0.6) is 5.75 Å². The second kappa shape index (κ2) is 11.5. The summed E-state index contributed by atoms with van der Waals surface area (Å²) in [6.45, 7) is 2.01. The van der Waals surface area contributed by atoms with Crippen molar-refractivity contribution >= 4 is 5.91 Å². The smallest absolute Gasteiger partial charge is 0.223 e. The number of amides is 1. The van der Waals surface area contributed by atoms with Gasteiger partial charge in [0.25, 0.3) is 0 Å². The van der Waals surface area contributed by atoms with E-state index >= 15 is 0 Å². The van der Waals surface area contributed by atoms with Crippen LogP contribution in [0.25, 0.3) is 11.3 Å². The highest BCUT2D eigenvalue weighted by molar-refractivity contribution is 5.79. The van der Waals surface area contributed by atoms with Gasteiger partial charge in [-0.2, -0.15) is 0 Å². The number of nitrogens with zero attached hydrogens (tertiary/aromatic N) is 3. The Hall–Kier alpha value is -3.22. The van der Waals surface area contributed by atoms with Gasteiger partial charge in [-0.1, -0.05) is 19.3 Å². The van der Waals surface area contributed by atoms with E-state index in [4.69, 9.17) is 24.1 Å². The molecule has 3 aliphatic rings. The average molecular weight is 529 g/mol. The van der Waals surface area contributed by atoms with Gasteiger partial charge in [0.1, 0.15) is 17.7 Å². The zero-order chi connectivity index (χ0) is 26.8. The molecule has 0 aliphatic heterocycles. The Bertz CT molecular complexity index is 1290. The van der Waals surface area contributed by atoms with Gasteiger partial charge in [0.15, 0.2) is 5.89 Å². The van der Waals surface area contributed by atoms with Gasteiger partial charge in [-0.3, -0.25) is 14.8 Å². The molecule has 0 saturated heterocycles. The Morgan fingerprint density at radius 1 is 0.974 bits per heavy atom. The minimum absolute atomic E-state index is 0.110. The van der Waals surface area contributed by atoms with Crippen molar-refractivity contribution in [2.75, 3.05) is 7.11 Å². The van der Waals surface area contributed by atoms with Crippen LogP contribution in [0.1, 0.15) is 111 Å². The maximum absolute atomic E-state index is 13.5. The number of hydrogen-bond acceptors (Lipinski definition) is 6. The molecule has 0 radical (unpaired) electrons. The number of rotatable bonds is 8. The van der Waals surface area contributed by atoms with Crippen molar-refractivity contribution in [3.63, 3.8) is 0 Å². The van der Waals surface area contributed by atoms with Gasteiger partial charge in [0.05, 0.1) is 24.5 Å². The van der Waals surface area contributed by atoms with Gasteiger partial charge < -0.3 is 14.5 Å². The topological polar surface area (TPSA) is 90.1 Å². The number of pyridine rings is 2. The Balaban J connectivity index is 1.22. The van der Waals surface area contributed by atoms with Crippen LogP contribution in [0.3, 0.4) is 0 Å². The molecule has 206 valence electrons. The quantitative estimate of drug-likeness (QED) is 0.337. The lowest BCUT2D eigenvalue weighted by Gasteiger charge is -2.35. The molecule has 3 aromatic heterocycles. The number of methoxy groups -OCH3 is 1. The summed E-state index contributed by atoms with van der Waals surface area (Å²) in [7, 11) is 1.69. The normalized spacial score (nSPS) is 22.8. The lowest BCUT2D eigenvalue weighted by Crippen LogP contribution is -2.39. The van der Waals surface area contributed by atoms with Crippen LogP contribution < -0.4 is 10.1 Å². The second-order valence-corrected chi connectivity index (χ2v) is 11.8. The third kappa shape index (κ3) is 5.87. The lowest BCUT2D eigenvalue weighted by atomic mass is 9.76. The van der Waals surface area contributed by atoms with Gasteiger partial charge >= 0.3 is 0 Å². The van der Waals surface area contributed by atoms with E-state index < -0.39 is 0 Å². The summed E-state index contributed by atoms with van der Waals surface area (Å²) in [5.74, 6) is 3.21. The molecule has 7 nitrogen and oxygen atoms in total. The third-order valence-corrected chi connectivity index (χ3v) is 9.06. The van der Waals surface area contributed by atoms with E-state index in [1.807, 2.05) is 25.3 Å². The van der Waals surface area contributed by atoms with E-state index in [9.17, 15) is 4.79 Å². The first-order chi connectivity index (χ1) is 19.1. The predicted octanol–water partition coefficient (Wildman–Crippen LogP) is 7.04. The molecule has 3 fully saturated rings. The van der Waals surface area contributed by atoms with Crippen molar-refractivity contribution in [3.05, 3.63) is 59.7 Å². The number of nitrogens with one attached hydrogen (secondary N) is 1. The highest BCUT2D eigenvalue weighted by atomic mass is 16.5. The molecule has 1 amide bonds. The first kappa shape index (κ1) is 26.0. The Labute approximate surface area is 231 Å². The molecule has 3 aliphatic carbocycles. The second-order valence-electron chi connectivity index (χ2n) is 11.8.